The number of anilines is 1. The lowest BCUT2D eigenvalue weighted by Gasteiger charge is -2.40. The molecule has 3 rings (SSSR count). The third kappa shape index (κ3) is 3.62. The van der Waals surface area contributed by atoms with Crippen LogP contribution in [0.2, 0.25) is 5.02 Å². The Morgan fingerprint density at radius 2 is 2.04 bits per heavy atom. The van der Waals surface area contributed by atoms with Crippen LogP contribution in [0.3, 0.4) is 0 Å². The molecule has 1 amide bonds. The van der Waals surface area contributed by atoms with Crippen LogP contribution in [0.4, 0.5) is 19.0 Å². The van der Waals surface area contributed by atoms with Gasteiger partial charge in [0, 0.05) is 45.1 Å². The summed E-state index contributed by atoms with van der Waals surface area (Å²) in [5.74, 6) is 0.164. The molecule has 0 bridgehead atoms. The van der Waals surface area contributed by atoms with Gasteiger partial charge in [-0.2, -0.15) is 18.3 Å². The number of hydrogen-bond acceptors (Lipinski definition) is 4. The molecule has 0 aliphatic carbocycles. The summed E-state index contributed by atoms with van der Waals surface area (Å²) in [4.78, 5) is 20.0. The molecule has 1 fully saturated rings. The molecule has 1 saturated heterocycles. The first-order chi connectivity index (χ1) is 12.2. The van der Waals surface area contributed by atoms with Crippen LogP contribution in [-0.4, -0.2) is 51.2 Å². The number of aromatic nitrogens is 3. The summed E-state index contributed by atoms with van der Waals surface area (Å²) < 4.78 is 39.8. The van der Waals surface area contributed by atoms with Crippen molar-refractivity contribution in [3.05, 3.63) is 40.8 Å². The highest BCUT2D eigenvalue weighted by Gasteiger charge is 2.33. The lowest BCUT2D eigenvalue weighted by Crippen LogP contribution is -2.54. The van der Waals surface area contributed by atoms with Gasteiger partial charge in [-0.1, -0.05) is 11.6 Å². The molecule has 1 aliphatic heterocycles. The van der Waals surface area contributed by atoms with Gasteiger partial charge in [0.25, 0.3) is 5.91 Å². The van der Waals surface area contributed by atoms with Crippen LogP contribution in [0.25, 0.3) is 0 Å². The summed E-state index contributed by atoms with van der Waals surface area (Å²) in [6.07, 6.45) is -0.554. The Kier molecular flexibility index (Phi) is 4.83. The predicted molar refractivity (Wildman–Crippen MR) is 90.2 cm³/mol. The normalized spacial score (nSPS) is 18.3. The molecular weight excluding hydrogens is 371 g/mol. The lowest BCUT2D eigenvalue weighted by molar-refractivity contribution is -0.137. The van der Waals surface area contributed by atoms with E-state index in [4.69, 9.17) is 11.6 Å². The van der Waals surface area contributed by atoms with Crippen LogP contribution >= 0.6 is 11.6 Å². The van der Waals surface area contributed by atoms with E-state index in [1.54, 1.807) is 27.7 Å². The third-order valence-corrected chi connectivity index (χ3v) is 4.57. The second kappa shape index (κ2) is 6.79. The minimum atomic E-state index is -4.49. The fourth-order valence-electron chi connectivity index (χ4n) is 2.97. The largest absolute Gasteiger partial charge is 0.417 e. The summed E-state index contributed by atoms with van der Waals surface area (Å²) >= 11 is 6.02. The van der Waals surface area contributed by atoms with Gasteiger partial charge in [-0.3, -0.25) is 9.48 Å². The molecule has 1 atom stereocenters. The van der Waals surface area contributed by atoms with E-state index in [0.29, 0.717) is 31.0 Å². The predicted octanol–water partition coefficient (Wildman–Crippen LogP) is 2.84. The number of amides is 1. The van der Waals surface area contributed by atoms with Crippen LogP contribution in [0.15, 0.2) is 24.7 Å². The fraction of sp³-hybridized carbons (Fsp3) is 0.438. The van der Waals surface area contributed by atoms with Crippen LogP contribution < -0.4 is 4.90 Å². The smallest absolute Gasteiger partial charge is 0.352 e. The fourth-order valence-corrected chi connectivity index (χ4v) is 3.25. The quantitative estimate of drug-likeness (QED) is 0.795. The van der Waals surface area contributed by atoms with Crippen molar-refractivity contribution in [1.82, 2.24) is 19.7 Å². The number of pyridine rings is 1. The SMILES string of the molecule is CC1CN(c2ncc(C(F)(F)F)cc2Cl)CCN1C(=O)c1cnn(C)c1. The molecule has 10 heteroatoms. The van der Waals surface area contributed by atoms with Gasteiger partial charge < -0.3 is 9.80 Å². The molecule has 3 heterocycles. The Hall–Kier alpha value is -2.29. The van der Waals surface area contributed by atoms with Crippen molar-refractivity contribution in [2.24, 2.45) is 7.05 Å². The second-order valence-electron chi connectivity index (χ2n) is 6.22. The monoisotopic (exact) mass is 387 g/mol. The first-order valence-electron chi connectivity index (χ1n) is 7.94. The first kappa shape index (κ1) is 18.5. The molecule has 140 valence electrons. The minimum absolute atomic E-state index is 0.0564. The third-order valence-electron chi connectivity index (χ3n) is 4.29. The Balaban J connectivity index is 1.73. The average Bonchev–Trinajstić information content (AvgIpc) is 2.99. The lowest BCUT2D eigenvalue weighted by atomic mass is 10.1. The van der Waals surface area contributed by atoms with E-state index in [-0.39, 0.29) is 17.0 Å². The summed E-state index contributed by atoms with van der Waals surface area (Å²) in [5, 5.41) is 3.94. The van der Waals surface area contributed by atoms with Gasteiger partial charge in [-0.15, -0.1) is 0 Å². The van der Waals surface area contributed by atoms with Crippen molar-refractivity contribution in [2.75, 3.05) is 24.5 Å². The van der Waals surface area contributed by atoms with E-state index in [9.17, 15) is 18.0 Å². The van der Waals surface area contributed by atoms with E-state index in [0.717, 1.165) is 12.3 Å². The zero-order valence-corrected chi connectivity index (χ0v) is 14.9. The molecule has 6 nitrogen and oxygen atoms in total. The molecule has 0 saturated carbocycles. The number of nitrogens with zero attached hydrogens (tertiary/aromatic N) is 5. The highest BCUT2D eigenvalue weighted by Crippen LogP contribution is 2.34. The molecule has 1 unspecified atom stereocenters. The van der Waals surface area contributed by atoms with Crippen LogP contribution in [-0.2, 0) is 13.2 Å². The highest BCUT2D eigenvalue weighted by molar-refractivity contribution is 6.33. The van der Waals surface area contributed by atoms with Crippen LogP contribution in [0.5, 0.6) is 0 Å². The number of piperazine rings is 1. The summed E-state index contributed by atoms with van der Waals surface area (Å²) in [6.45, 7) is 3.13. The van der Waals surface area contributed by atoms with E-state index >= 15 is 0 Å². The molecule has 0 aromatic carbocycles. The van der Waals surface area contributed by atoms with Crippen molar-refractivity contribution in [2.45, 2.75) is 19.1 Å². The van der Waals surface area contributed by atoms with Gasteiger partial charge >= 0.3 is 6.18 Å². The number of aryl methyl sites for hydroxylation is 1. The molecule has 1 aliphatic rings. The van der Waals surface area contributed by atoms with Gasteiger partial charge in [0.15, 0.2) is 0 Å². The molecule has 0 N–H and O–H groups in total. The van der Waals surface area contributed by atoms with Gasteiger partial charge in [-0.05, 0) is 13.0 Å². The zero-order valence-electron chi connectivity index (χ0n) is 14.2. The molecular formula is C16H17ClF3N5O. The van der Waals surface area contributed by atoms with E-state index in [1.165, 1.54) is 6.20 Å². The second-order valence-corrected chi connectivity index (χ2v) is 6.63. The molecule has 2 aromatic heterocycles. The Labute approximate surface area is 153 Å². The Bertz CT molecular complexity index is 822. The van der Waals surface area contributed by atoms with Gasteiger partial charge in [0.05, 0.1) is 22.3 Å². The first-order valence-corrected chi connectivity index (χ1v) is 8.32. The maximum absolute atomic E-state index is 12.7. The number of rotatable bonds is 2. The molecule has 2 aromatic rings. The molecule has 26 heavy (non-hydrogen) atoms. The minimum Gasteiger partial charge on any atom is -0.352 e. The zero-order chi connectivity index (χ0) is 19.1. The van der Waals surface area contributed by atoms with Gasteiger partial charge in [-0.25, -0.2) is 4.98 Å². The van der Waals surface area contributed by atoms with Gasteiger partial charge in [0.1, 0.15) is 5.82 Å². The van der Waals surface area contributed by atoms with Crippen molar-refractivity contribution >= 4 is 23.3 Å². The standard InChI is InChI=1S/C16H17ClF3N5O/c1-10-8-24(14-13(17)5-12(7-21-14)16(18,19)20)3-4-25(10)15(26)11-6-22-23(2)9-11/h5-7,9-10H,3-4,8H2,1-2H3. The number of carbonyl (C=O) groups excluding carboxylic acids is 1. The summed E-state index contributed by atoms with van der Waals surface area (Å²) in [6, 6.07) is 0.721. The van der Waals surface area contributed by atoms with Crippen molar-refractivity contribution in [3.63, 3.8) is 0 Å². The summed E-state index contributed by atoms with van der Waals surface area (Å²) in [7, 11) is 1.73. The number of carbonyl (C=O) groups is 1. The van der Waals surface area contributed by atoms with Crippen molar-refractivity contribution in [3.8, 4) is 0 Å². The number of halogens is 4. The Morgan fingerprint density at radius 1 is 1.31 bits per heavy atom. The maximum Gasteiger partial charge on any atom is 0.417 e. The maximum atomic E-state index is 12.7. The number of hydrogen-bond donors (Lipinski definition) is 0. The van der Waals surface area contributed by atoms with Gasteiger partial charge in [0.2, 0.25) is 0 Å². The topological polar surface area (TPSA) is 54.3 Å². The van der Waals surface area contributed by atoms with E-state index in [2.05, 4.69) is 10.1 Å². The Morgan fingerprint density at radius 3 is 2.58 bits per heavy atom. The average molecular weight is 388 g/mol. The summed E-state index contributed by atoms with van der Waals surface area (Å²) in [5.41, 5.74) is -0.386. The number of alkyl halides is 3. The highest BCUT2D eigenvalue weighted by atomic mass is 35.5. The van der Waals surface area contributed by atoms with Crippen molar-refractivity contribution < 1.29 is 18.0 Å². The van der Waals surface area contributed by atoms with Crippen LogP contribution in [0, 0.1) is 0 Å². The van der Waals surface area contributed by atoms with Crippen molar-refractivity contribution in [1.29, 1.82) is 0 Å². The molecule has 0 spiro atoms. The van der Waals surface area contributed by atoms with E-state index < -0.39 is 11.7 Å². The van der Waals surface area contributed by atoms with E-state index in [1.807, 2.05) is 6.92 Å². The van der Waals surface area contributed by atoms with Crippen LogP contribution in [0.1, 0.15) is 22.8 Å². The molecule has 0 radical (unpaired) electrons.